The number of hydrogen-bond donors (Lipinski definition) is 2. The Morgan fingerprint density at radius 3 is 2.83 bits per heavy atom. The van der Waals surface area contributed by atoms with Crippen molar-refractivity contribution in [3.63, 3.8) is 0 Å². The molecule has 0 saturated carbocycles. The molecule has 0 aliphatic heterocycles. The maximum atomic E-state index is 11.0. The van der Waals surface area contributed by atoms with Crippen LogP contribution in [0.3, 0.4) is 0 Å². The van der Waals surface area contributed by atoms with Crippen LogP contribution in [0, 0.1) is 5.92 Å². The van der Waals surface area contributed by atoms with E-state index in [2.05, 4.69) is 35.1 Å². The normalized spacial score (nSPS) is 10.7. The summed E-state index contributed by atoms with van der Waals surface area (Å²) in [5, 5.41) is 12.1. The summed E-state index contributed by atoms with van der Waals surface area (Å²) < 4.78 is 6.27. The van der Waals surface area contributed by atoms with Crippen molar-refractivity contribution in [2.45, 2.75) is 13.8 Å². The second kappa shape index (κ2) is 7.38. The average Bonchev–Trinajstić information content (AvgIpc) is 2.27. The molecule has 0 aliphatic rings. The zero-order valence-electron chi connectivity index (χ0n) is 10.6. The van der Waals surface area contributed by atoms with E-state index in [9.17, 15) is 4.79 Å². The van der Waals surface area contributed by atoms with Gasteiger partial charge in [0.1, 0.15) is 0 Å². The molecule has 1 rings (SSSR count). The number of halogens is 1. The second-order valence-corrected chi connectivity index (χ2v) is 5.31. The molecule has 0 bridgehead atoms. The zero-order valence-corrected chi connectivity index (χ0v) is 12.2. The molecule has 4 nitrogen and oxygen atoms in total. The predicted molar refractivity (Wildman–Crippen MR) is 75.2 cm³/mol. The minimum atomic E-state index is -0.937. The van der Waals surface area contributed by atoms with Gasteiger partial charge in [0.15, 0.2) is 0 Å². The molecule has 1 aromatic carbocycles. The highest BCUT2D eigenvalue weighted by Gasteiger charge is 2.09. The van der Waals surface area contributed by atoms with Crippen molar-refractivity contribution in [3.05, 3.63) is 28.2 Å². The van der Waals surface area contributed by atoms with Crippen LogP contribution >= 0.6 is 15.9 Å². The third-order valence-electron chi connectivity index (χ3n) is 2.23. The van der Waals surface area contributed by atoms with Crippen molar-refractivity contribution >= 4 is 27.6 Å². The first-order valence-electron chi connectivity index (χ1n) is 5.85. The summed E-state index contributed by atoms with van der Waals surface area (Å²) in [5.74, 6) is -0.432. The molecule has 0 heterocycles. The third kappa shape index (κ3) is 5.06. The minimum Gasteiger partial charge on any atom is -0.478 e. The molecule has 0 amide bonds. The Hall–Kier alpha value is -1.07. The molecule has 0 fully saturated rings. The summed E-state index contributed by atoms with van der Waals surface area (Å²) in [6.07, 6.45) is 0. The molecule has 0 radical (unpaired) electrons. The molecule has 0 saturated heterocycles. The Morgan fingerprint density at radius 1 is 1.50 bits per heavy atom. The van der Waals surface area contributed by atoms with Crippen molar-refractivity contribution in [2.24, 2.45) is 5.92 Å². The number of carboxylic acids is 1. The van der Waals surface area contributed by atoms with Gasteiger partial charge >= 0.3 is 5.97 Å². The van der Waals surface area contributed by atoms with E-state index in [4.69, 9.17) is 9.84 Å². The Balaban J connectivity index is 2.50. The highest BCUT2D eigenvalue weighted by atomic mass is 79.9. The fraction of sp³-hybridized carbons (Fsp3) is 0.462. The summed E-state index contributed by atoms with van der Waals surface area (Å²) in [5.41, 5.74) is 0.868. The average molecular weight is 316 g/mol. The number of carbonyl (C=O) groups is 1. The highest BCUT2D eigenvalue weighted by Crippen LogP contribution is 2.21. The maximum Gasteiger partial charge on any atom is 0.337 e. The predicted octanol–water partition coefficient (Wildman–Crippen LogP) is 3.23. The van der Waals surface area contributed by atoms with Crippen molar-refractivity contribution in [3.8, 4) is 0 Å². The van der Waals surface area contributed by atoms with Crippen molar-refractivity contribution in [2.75, 3.05) is 25.1 Å². The molecule has 0 atom stereocenters. The van der Waals surface area contributed by atoms with Crippen molar-refractivity contribution < 1.29 is 14.6 Å². The van der Waals surface area contributed by atoms with Crippen LogP contribution in [0.15, 0.2) is 22.7 Å². The first-order chi connectivity index (χ1) is 8.50. The summed E-state index contributed by atoms with van der Waals surface area (Å²) >= 11 is 3.32. The number of aromatic carboxylic acids is 1. The Morgan fingerprint density at radius 2 is 2.22 bits per heavy atom. The van der Waals surface area contributed by atoms with E-state index < -0.39 is 5.97 Å². The minimum absolute atomic E-state index is 0.266. The number of hydrogen-bond acceptors (Lipinski definition) is 3. The standard InChI is InChI=1S/C13H18BrNO3/c1-9(2)8-18-6-5-15-12-7-10(14)3-4-11(12)13(16)17/h3-4,7,9,15H,5-6,8H2,1-2H3,(H,16,17). The van der Waals surface area contributed by atoms with Gasteiger partial charge in [-0.05, 0) is 24.1 Å². The largest absolute Gasteiger partial charge is 0.478 e. The van der Waals surface area contributed by atoms with Crippen LogP contribution in [0.1, 0.15) is 24.2 Å². The molecule has 5 heteroatoms. The van der Waals surface area contributed by atoms with Gasteiger partial charge in [-0.1, -0.05) is 29.8 Å². The highest BCUT2D eigenvalue weighted by molar-refractivity contribution is 9.10. The van der Waals surface area contributed by atoms with E-state index in [1.807, 2.05) is 0 Å². The van der Waals surface area contributed by atoms with Crippen LogP contribution in [0.2, 0.25) is 0 Å². The van der Waals surface area contributed by atoms with E-state index in [0.29, 0.717) is 31.4 Å². The number of anilines is 1. The number of ether oxygens (including phenoxy) is 1. The number of carboxylic acid groups (broad SMARTS) is 1. The molecular weight excluding hydrogens is 298 g/mol. The zero-order chi connectivity index (χ0) is 13.5. The topological polar surface area (TPSA) is 58.6 Å². The fourth-order valence-electron chi connectivity index (χ4n) is 1.43. The van der Waals surface area contributed by atoms with Gasteiger partial charge in [-0.25, -0.2) is 4.79 Å². The number of benzene rings is 1. The molecule has 0 spiro atoms. The van der Waals surface area contributed by atoms with E-state index in [1.165, 1.54) is 0 Å². The van der Waals surface area contributed by atoms with E-state index >= 15 is 0 Å². The summed E-state index contributed by atoms with van der Waals surface area (Å²) in [6, 6.07) is 5.04. The van der Waals surface area contributed by atoms with Crippen LogP contribution in [0.25, 0.3) is 0 Å². The van der Waals surface area contributed by atoms with Gasteiger partial charge in [0.25, 0.3) is 0 Å². The molecule has 100 valence electrons. The summed E-state index contributed by atoms with van der Waals surface area (Å²) in [4.78, 5) is 11.0. The molecule has 0 aromatic heterocycles. The summed E-state index contributed by atoms with van der Waals surface area (Å²) in [7, 11) is 0. The Kier molecular flexibility index (Phi) is 6.15. The van der Waals surface area contributed by atoms with Crippen LogP contribution < -0.4 is 5.32 Å². The van der Waals surface area contributed by atoms with Gasteiger partial charge in [-0.2, -0.15) is 0 Å². The van der Waals surface area contributed by atoms with Gasteiger partial charge in [0, 0.05) is 23.3 Å². The lowest BCUT2D eigenvalue weighted by Gasteiger charge is -2.11. The smallest absolute Gasteiger partial charge is 0.337 e. The first-order valence-corrected chi connectivity index (χ1v) is 6.64. The van der Waals surface area contributed by atoms with E-state index in [0.717, 1.165) is 4.47 Å². The molecule has 18 heavy (non-hydrogen) atoms. The van der Waals surface area contributed by atoms with E-state index in [1.54, 1.807) is 18.2 Å². The number of rotatable bonds is 7. The van der Waals surface area contributed by atoms with Crippen LogP contribution in [0.5, 0.6) is 0 Å². The van der Waals surface area contributed by atoms with Gasteiger partial charge in [0.2, 0.25) is 0 Å². The monoisotopic (exact) mass is 315 g/mol. The lowest BCUT2D eigenvalue weighted by molar-refractivity contribution is 0.0697. The lowest BCUT2D eigenvalue weighted by atomic mass is 10.2. The molecule has 0 aliphatic carbocycles. The van der Waals surface area contributed by atoms with Gasteiger partial charge in [-0.15, -0.1) is 0 Å². The second-order valence-electron chi connectivity index (χ2n) is 4.39. The van der Waals surface area contributed by atoms with Crippen molar-refractivity contribution in [1.82, 2.24) is 0 Å². The molecule has 0 unspecified atom stereocenters. The van der Waals surface area contributed by atoms with Crippen LogP contribution in [-0.2, 0) is 4.74 Å². The Bertz CT molecular complexity index is 407. The first kappa shape index (κ1) is 15.0. The fourth-order valence-corrected chi connectivity index (χ4v) is 1.79. The third-order valence-corrected chi connectivity index (χ3v) is 2.72. The van der Waals surface area contributed by atoms with Gasteiger partial charge < -0.3 is 15.2 Å². The molecule has 1 aromatic rings. The van der Waals surface area contributed by atoms with Crippen LogP contribution in [-0.4, -0.2) is 30.8 Å². The number of nitrogens with one attached hydrogen (secondary N) is 1. The van der Waals surface area contributed by atoms with Crippen LogP contribution in [0.4, 0.5) is 5.69 Å². The maximum absolute atomic E-state index is 11.0. The SMILES string of the molecule is CC(C)COCCNc1cc(Br)ccc1C(=O)O. The Labute approximate surface area is 115 Å². The lowest BCUT2D eigenvalue weighted by Crippen LogP contribution is -2.14. The quantitative estimate of drug-likeness (QED) is 0.758. The van der Waals surface area contributed by atoms with Gasteiger partial charge in [-0.3, -0.25) is 0 Å². The van der Waals surface area contributed by atoms with E-state index in [-0.39, 0.29) is 5.56 Å². The summed E-state index contributed by atoms with van der Waals surface area (Å²) in [6.45, 7) is 6.04. The van der Waals surface area contributed by atoms with Gasteiger partial charge in [0.05, 0.1) is 12.2 Å². The molecule has 2 N–H and O–H groups in total. The van der Waals surface area contributed by atoms with Crippen molar-refractivity contribution in [1.29, 1.82) is 0 Å². The molecular formula is C13H18BrNO3.